The minimum Gasteiger partial charge on any atom is -0.495 e. The topological polar surface area (TPSA) is 79.0 Å². The molecule has 2 amide bonds. The predicted molar refractivity (Wildman–Crippen MR) is 98.6 cm³/mol. The largest absolute Gasteiger partial charge is 0.495 e. The number of carbonyl (C=O) groups is 1. The van der Waals surface area contributed by atoms with E-state index in [1.807, 2.05) is 0 Å². The Kier molecular flexibility index (Phi) is 5.90. The molecule has 0 aromatic heterocycles. The number of carbonyl (C=O) groups excluding carboxylic acids is 1. The van der Waals surface area contributed by atoms with Crippen molar-refractivity contribution in [2.45, 2.75) is 24.2 Å². The fraction of sp³-hybridized carbons (Fsp3) is 0.611. The summed E-state index contributed by atoms with van der Waals surface area (Å²) < 4.78 is 46.2. The second-order valence-electron chi connectivity index (χ2n) is 7.09. The summed E-state index contributed by atoms with van der Waals surface area (Å²) in [5.41, 5.74) is 0. The maximum Gasteiger partial charge on any atom is 0.317 e. The van der Waals surface area contributed by atoms with Gasteiger partial charge in [-0.15, -0.1) is 0 Å². The molecule has 150 valence electrons. The number of hydrogen-bond acceptors (Lipinski definition) is 4. The van der Waals surface area contributed by atoms with E-state index in [4.69, 9.17) is 4.74 Å². The Bertz CT molecular complexity index is 794. The predicted octanol–water partition coefficient (Wildman–Crippen LogP) is 1.90. The van der Waals surface area contributed by atoms with Crippen LogP contribution < -0.4 is 10.1 Å². The van der Waals surface area contributed by atoms with Crippen LogP contribution in [-0.4, -0.2) is 64.0 Å². The lowest BCUT2D eigenvalue weighted by atomic mass is 9.84. The fourth-order valence-electron chi connectivity index (χ4n) is 4.08. The van der Waals surface area contributed by atoms with E-state index in [-0.39, 0.29) is 22.6 Å². The number of methoxy groups -OCH3 is 1. The Labute approximate surface area is 159 Å². The molecule has 0 bridgehead atoms. The number of likely N-dealkylation sites (tertiary alicyclic amines) is 1. The number of urea groups is 1. The molecule has 2 fully saturated rings. The Morgan fingerprint density at radius 2 is 1.85 bits per heavy atom. The first kappa shape index (κ1) is 19.9. The highest BCUT2D eigenvalue weighted by atomic mass is 32.2. The average molecular weight is 399 g/mol. The lowest BCUT2D eigenvalue weighted by Gasteiger charge is -2.34. The molecule has 3 rings (SSSR count). The summed E-state index contributed by atoms with van der Waals surface area (Å²) in [7, 11) is -0.816. The van der Waals surface area contributed by atoms with Crippen molar-refractivity contribution in [2.75, 3.05) is 40.3 Å². The van der Waals surface area contributed by atoms with Crippen molar-refractivity contribution in [3.63, 3.8) is 0 Å². The Morgan fingerprint density at radius 1 is 1.19 bits per heavy atom. The van der Waals surface area contributed by atoms with E-state index < -0.39 is 15.8 Å². The molecule has 27 heavy (non-hydrogen) atoms. The maximum absolute atomic E-state index is 13.6. The normalized spacial score (nSPS) is 22.0. The van der Waals surface area contributed by atoms with Crippen LogP contribution in [0.3, 0.4) is 0 Å². The van der Waals surface area contributed by atoms with Crippen LogP contribution in [0.4, 0.5) is 9.18 Å². The number of sulfonamides is 1. The van der Waals surface area contributed by atoms with Gasteiger partial charge in [-0.05, 0) is 49.3 Å². The molecular formula is C18H26FN3O4S. The van der Waals surface area contributed by atoms with Gasteiger partial charge in [0.2, 0.25) is 10.0 Å². The number of ether oxygens (including phenoxy) is 1. The van der Waals surface area contributed by atoms with Crippen molar-refractivity contribution < 1.29 is 22.3 Å². The molecule has 1 N–H and O–H groups in total. The van der Waals surface area contributed by atoms with Crippen LogP contribution in [0.2, 0.25) is 0 Å². The summed E-state index contributed by atoms with van der Waals surface area (Å²) in [6.45, 7) is 2.21. The van der Waals surface area contributed by atoms with Gasteiger partial charge in [-0.25, -0.2) is 17.6 Å². The summed E-state index contributed by atoms with van der Waals surface area (Å²) in [5.74, 6) is 0.192. The molecule has 2 heterocycles. The van der Waals surface area contributed by atoms with E-state index >= 15 is 0 Å². The van der Waals surface area contributed by atoms with Crippen molar-refractivity contribution in [3.8, 4) is 5.75 Å². The van der Waals surface area contributed by atoms with E-state index in [1.165, 1.54) is 23.5 Å². The number of hydrogen-bond donors (Lipinski definition) is 1. The molecule has 1 aromatic carbocycles. The number of benzene rings is 1. The van der Waals surface area contributed by atoms with Gasteiger partial charge in [-0.2, -0.15) is 4.31 Å². The lowest BCUT2D eigenvalue weighted by Crippen LogP contribution is -2.44. The number of halogens is 1. The van der Waals surface area contributed by atoms with E-state index in [9.17, 15) is 17.6 Å². The highest BCUT2D eigenvalue weighted by Gasteiger charge is 2.38. The molecule has 0 spiro atoms. The fourth-order valence-corrected chi connectivity index (χ4v) is 5.76. The zero-order valence-corrected chi connectivity index (χ0v) is 16.5. The van der Waals surface area contributed by atoms with Crippen LogP contribution in [-0.2, 0) is 10.0 Å². The van der Waals surface area contributed by atoms with Crippen LogP contribution in [0.5, 0.6) is 5.75 Å². The highest BCUT2D eigenvalue weighted by molar-refractivity contribution is 7.89. The molecule has 9 heteroatoms. The number of piperidine rings is 1. The Balaban J connectivity index is 1.68. The third kappa shape index (κ3) is 4.03. The SMILES string of the molecule is CNC(=O)N1CCC(C2CCN(S(=O)(=O)c3cc(F)ccc3OC)C2)CC1. The molecule has 0 saturated carbocycles. The van der Waals surface area contributed by atoms with E-state index in [0.29, 0.717) is 32.1 Å². The third-order valence-corrected chi connectivity index (χ3v) is 7.52. The minimum atomic E-state index is -3.81. The van der Waals surface area contributed by atoms with Crippen LogP contribution in [0.1, 0.15) is 19.3 Å². The number of rotatable bonds is 4. The van der Waals surface area contributed by atoms with Gasteiger partial charge in [-0.3, -0.25) is 0 Å². The van der Waals surface area contributed by atoms with Crippen LogP contribution in [0.25, 0.3) is 0 Å². The first-order valence-corrected chi connectivity index (χ1v) is 10.6. The molecule has 2 saturated heterocycles. The molecule has 1 aromatic rings. The number of nitrogens with one attached hydrogen (secondary N) is 1. The third-order valence-electron chi connectivity index (χ3n) is 5.64. The first-order chi connectivity index (χ1) is 12.9. The molecule has 2 aliphatic heterocycles. The molecule has 7 nitrogen and oxygen atoms in total. The monoisotopic (exact) mass is 399 g/mol. The molecule has 2 aliphatic rings. The van der Waals surface area contributed by atoms with Gasteiger partial charge in [0.15, 0.2) is 0 Å². The Hall–Kier alpha value is -1.87. The van der Waals surface area contributed by atoms with E-state index in [0.717, 1.165) is 25.3 Å². The smallest absolute Gasteiger partial charge is 0.317 e. The number of amides is 2. The van der Waals surface area contributed by atoms with Crippen LogP contribution >= 0.6 is 0 Å². The van der Waals surface area contributed by atoms with Gasteiger partial charge in [0.1, 0.15) is 16.5 Å². The van der Waals surface area contributed by atoms with Gasteiger partial charge in [-0.1, -0.05) is 0 Å². The molecule has 0 aliphatic carbocycles. The molecular weight excluding hydrogens is 373 g/mol. The summed E-state index contributed by atoms with van der Waals surface area (Å²) in [6, 6.07) is 3.47. The minimum absolute atomic E-state index is 0.0673. The number of nitrogens with zero attached hydrogens (tertiary/aromatic N) is 2. The summed E-state index contributed by atoms with van der Waals surface area (Å²) in [4.78, 5) is 13.4. The zero-order valence-electron chi connectivity index (χ0n) is 15.7. The lowest BCUT2D eigenvalue weighted by molar-refractivity contribution is 0.153. The second kappa shape index (κ2) is 8.02. The van der Waals surface area contributed by atoms with Gasteiger partial charge in [0, 0.05) is 33.2 Å². The van der Waals surface area contributed by atoms with Crippen LogP contribution in [0, 0.1) is 17.7 Å². The van der Waals surface area contributed by atoms with Crippen molar-refractivity contribution in [1.29, 1.82) is 0 Å². The quantitative estimate of drug-likeness (QED) is 0.839. The maximum atomic E-state index is 13.6. The van der Waals surface area contributed by atoms with Gasteiger partial charge < -0.3 is 15.0 Å². The van der Waals surface area contributed by atoms with E-state index in [1.54, 1.807) is 11.9 Å². The standard InChI is InChI=1S/C18H26FN3O4S/c1-20-18(23)21-8-5-13(6-9-21)14-7-10-22(12-14)27(24,25)17-11-15(19)3-4-16(17)26-2/h3-4,11,13-14H,5-10,12H2,1-2H3,(H,20,23). The highest BCUT2D eigenvalue weighted by Crippen LogP contribution is 2.36. The summed E-state index contributed by atoms with van der Waals surface area (Å²) in [5, 5.41) is 2.64. The van der Waals surface area contributed by atoms with Gasteiger partial charge in [0.05, 0.1) is 7.11 Å². The molecule has 0 radical (unpaired) electrons. The Morgan fingerprint density at radius 3 is 2.48 bits per heavy atom. The van der Waals surface area contributed by atoms with Crippen molar-refractivity contribution in [2.24, 2.45) is 11.8 Å². The average Bonchev–Trinajstić information content (AvgIpc) is 3.18. The molecule has 1 atom stereocenters. The summed E-state index contributed by atoms with van der Waals surface area (Å²) >= 11 is 0. The van der Waals surface area contributed by atoms with Crippen LogP contribution in [0.15, 0.2) is 23.1 Å². The van der Waals surface area contributed by atoms with Gasteiger partial charge >= 0.3 is 6.03 Å². The van der Waals surface area contributed by atoms with Crippen molar-refractivity contribution >= 4 is 16.1 Å². The second-order valence-corrected chi connectivity index (χ2v) is 8.99. The van der Waals surface area contributed by atoms with Gasteiger partial charge in [0.25, 0.3) is 0 Å². The summed E-state index contributed by atoms with van der Waals surface area (Å²) in [6.07, 6.45) is 2.52. The molecule has 1 unspecified atom stereocenters. The van der Waals surface area contributed by atoms with Crippen molar-refractivity contribution in [3.05, 3.63) is 24.0 Å². The zero-order chi connectivity index (χ0) is 19.6. The van der Waals surface area contributed by atoms with E-state index in [2.05, 4.69) is 5.32 Å². The van der Waals surface area contributed by atoms with Crippen molar-refractivity contribution in [1.82, 2.24) is 14.5 Å². The first-order valence-electron chi connectivity index (χ1n) is 9.17.